The molecule has 0 aromatic carbocycles. The van der Waals surface area contributed by atoms with E-state index < -0.39 is 8.32 Å². The Balaban J connectivity index is 1.88. The maximum atomic E-state index is 12.7. The van der Waals surface area contributed by atoms with Gasteiger partial charge in [-0.2, -0.15) is 0 Å². The quantitative estimate of drug-likeness (QED) is 0.506. The molecule has 0 amide bonds. The van der Waals surface area contributed by atoms with Gasteiger partial charge < -0.3 is 4.43 Å². The second-order valence-electron chi connectivity index (χ2n) is 12.3. The van der Waals surface area contributed by atoms with E-state index in [1.165, 1.54) is 12.8 Å². The number of fused-ring (bicyclic) bond motifs is 3. The van der Waals surface area contributed by atoms with Gasteiger partial charge in [0.25, 0.3) is 0 Å². The van der Waals surface area contributed by atoms with Crippen LogP contribution in [0.4, 0.5) is 0 Å². The lowest BCUT2D eigenvalue weighted by Gasteiger charge is -2.63. The second kappa shape index (κ2) is 5.92. The van der Waals surface area contributed by atoms with E-state index in [2.05, 4.69) is 61.6 Å². The van der Waals surface area contributed by atoms with E-state index in [9.17, 15) is 4.79 Å². The summed E-state index contributed by atoms with van der Waals surface area (Å²) in [6.45, 7) is 21.5. The first-order chi connectivity index (χ1) is 11.7. The van der Waals surface area contributed by atoms with Gasteiger partial charge in [-0.3, -0.25) is 4.79 Å². The minimum Gasteiger partial charge on any atom is -0.413 e. The standard InChI is InChI=1S/C23H42O2Si/c1-20(2,3)26(8,9)25-19-13-15-22(6)16(21(19,4)5)12-14-23(7)17(22)10-11-18(23)24/h16-17,19H,10-15H2,1-9H3/t16-,17+,19-,22-,23+/m0/s1. The van der Waals surface area contributed by atoms with Gasteiger partial charge >= 0.3 is 0 Å². The molecule has 0 spiro atoms. The van der Waals surface area contributed by atoms with Crippen LogP contribution in [0.2, 0.25) is 18.1 Å². The first-order valence-electron chi connectivity index (χ1n) is 10.9. The predicted octanol–water partition coefficient (Wildman–Crippen LogP) is 6.60. The third kappa shape index (κ3) is 2.79. The molecule has 3 aliphatic carbocycles. The van der Waals surface area contributed by atoms with Crippen LogP contribution in [0.3, 0.4) is 0 Å². The molecule has 0 N–H and O–H groups in total. The van der Waals surface area contributed by atoms with Crippen LogP contribution in [-0.4, -0.2) is 20.2 Å². The Kier molecular flexibility index (Phi) is 4.69. The summed E-state index contributed by atoms with van der Waals surface area (Å²) >= 11 is 0. The molecule has 0 aromatic heterocycles. The molecule has 3 saturated carbocycles. The summed E-state index contributed by atoms with van der Waals surface area (Å²) in [4.78, 5) is 12.7. The molecule has 26 heavy (non-hydrogen) atoms. The van der Waals surface area contributed by atoms with E-state index in [0.717, 1.165) is 25.7 Å². The third-order valence-corrected chi connectivity index (χ3v) is 14.0. The summed E-state index contributed by atoms with van der Waals surface area (Å²) in [5, 5.41) is 0.257. The van der Waals surface area contributed by atoms with Crippen LogP contribution in [0.15, 0.2) is 0 Å². The highest BCUT2D eigenvalue weighted by Crippen LogP contribution is 2.68. The van der Waals surface area contributed by atoms with Gasteiger partial charge in [0.1, 0.15) is 5.78 Å². The molecule has 0 bridgehead atoms. The third-order valence-electron chi connectivity index (χ3n) is 9.53. The molecule has 0 aliphatic heterocycles. The monoisotopic (exact) mass is 378 g/mol. The highest BCUT2D eigenvalue weighted by molar-refractivity contribution is 6.74. The normalized spacial score (nSPS) is 43.1. The summed E-state index contributed by atoms with van der Waals surface area (Å²) in [5.41, 5.74) is 0.444. The van der Waals surface area contributed by atoms with Gasteiger partial charge in [-0.1, -0.05) is 48.5 Å². The first kappa shape index (κ1) is 20.6. The van der Waals surface area contributed by atoms with E-state index in [4.69, 9.17) is 4.43 Å². The molecule has 3 aliphatic rings. The zero-order valence-corrected chi connectivity index (χ0v) is 19.8. The minimum atomic E-state index is -1.77. The Hall–Kier alpha value is -0.153. The van der Waals surface area contributed by atoms with Crippen molar-refractivity contribution in [3.63, 3.8) is 0 Å². The van der Waals surface area contributed by atoms with Crippen molar-refractivity contribution in [2.45, 2.75) is 111 Å². The Labute approximate surface area is 163 Å². The fourth-order valence-electron chi connectivity index (χ4n) is 6.81. The van der Waals surface area contributed by atoms with Crippen molar-refractivity contribution in [2.24, 2.45) is 28.1 Å². The Morgan fingerprint density at radius 2 is 1.58 bits per heavy atom. The SMILES string of the molecule is CC1(C)[C@@H](O[Si](C)(C)C(C)(C)C)CC[C@]2(C)[C@H]3CCC(=O)[C@]3(C)CC[C@@H]12. The van der Waals surface area contributed by atoms with E-state index in [1.807, 2.05) is 0 Å². The van der Waals surface area contributed by atoms with Crippen molar-refractivity contribution in [1.82, 2.24) is 0 Å². The Bertz CT molecular complexity index is 588. The zero-order chi connectivity index (χ0) is 19.8. The summed E-state index contributed by atoms with van der Waals surface area (Å²) in [6.07, 6.45) is 6.97. The molecule has 3 rings (SSSR count). The predicted molar refractivity (Wildman–Crippen MR) is 112 cm³/mol. The lowest BCUT2D eigenvalue weighted by molar-refractivity contribution is -0.164. The van der Waals surface area contributed by atoms with Crippen LogP contribution < -0.4 is 0 Å². The summed E-state index contributed by atoms with van der Waals surface area (Å²) in [5.74, 6) is 1.79. The van der Waals surface area contributed by atoms with Gasteiger partial charge in [0.15, 0.2) is 8.32 Å². The van der Waals surface area contributed by atoms with Crippen molar-refractivity contribution in [2.75, 3.05) is 0 Å². The van der Waals surface area contributed by atoms with Crippen LogP contribution >= 0.6 is 0 Å². The molecule has 3 fully saturated rings. The summed E-state index contributed by atoms with van der Waals surface area (Å²) in [6, 6.07) is 0. The molecule has 0 aromatic rings. The highest BCUT2D eigenvalue weighted by atomic mass is 28.4. The van der Waals surface area contributed by atoms with Gasteiger partial charge in [-0.05, 0) is 72.9 Å². The van der Waals surface area contributed by atoms with Crippen LogP contribution in [0.1, 0.15) is 87.0 Å². The lowest BCUT2D eigenvalue weighted by atomic mass is 9.43. The summed E-state index contributed by atoms with van der Waals surface area (Å²) < 4.78 is 6.98. The largest absolute Gasteiger partial charge is 0.413 e. The molecule has 0 radical (unpaired) electrons. The van der Waals surface area contributed by atoms with Crippen LogP contribution in [0.5, 0.6) is 0 Å². The van der Waals surface area contributed by atoms with Gasteiger partial charge in [0.05, 0.1) is 6.10 Å². The van der Waals surface area contributed by atoms with Gasteiger partial charge in [-0.25, -0.2) is 0 Å². The fourth-order valence-corrected chi connectivity index (χ4v) is 8.30. The first-order valence-corrected chi connectivity index (χ1v) is 13.8. The minimum absolute atomic E-state index is 0.0472. The number of carbonyl (C=O) groups excluding carboxylic acids is 1. The van der Waals surface area contributed by atoms with E-state index in [1.54, 1.807) is 0 Å². The van der Waals surface area contributed by atoms with Gasteiger partial charge in [0, 0.05) is 11.8 Å². The number of hydrogen-bond acceptors (Lipinski definition) is 2. The van der Waals surface area contributed by atoms with Crippen molar-refractivity contribution in [3.05, 3.63) is 0 Å². The summed E-state index contributed by atoms with van der Waals surface area (Å²) in [7, 11) is -1.77. The van der Waals surface area contributed by atoms with Crippen LogP contribution in [-0.2, 0) is 9.22 Å². The van der Waals surface area contributed by atoms with Crippen molar-refractivity contribution in [3.8, 4) is 0 Å². The molecule has 3 heteroatoms. The number of Topliss-reactive ketones (excluding diaryl/α,β-unsaturated/α-hetero) is 1. The second-order valence-corrected chi connectivity index (χ2v) is 17.0. The Morgan fingerprint density at radius 3 is 2.15 bits per heavy atom. The maximum Gasteiger partial charge on any atom is 0.192 e. The van der Waals surface area contributed by atoms with Crippen LogP contribution in [0, 0.1) is 28.1 Å². The fraction of sp³-hybridized carbons (Fsp3) is 0.957. The van der Waals surface area contributed by atoms with Gasteiger partial charge in [0.2, 0.25) is 0 Å². The molecule has 0 heterocycles. The molecule has 0 saturated heterocycles. The van der Waals surface area contributed by atoms with Crippen LogP contribution in [0.25, 0.3) is 0 Å². The van der Waals surface area contributed by atoms with Gasteiger partial charge in [-0.15, -0.1) is 0 Å². The average molecular weight is 379 g/mol. The molecular formula is C23H42O2Si. The molecule has 5 atom stereocenters. The number of rotatable bonds is 2. The molecule has 0 unspecified atom stereocenters. The number of ketones is 1. The van der Waals surface area contributed by atoms with E-state index in [0.29, 0.717) is 29.1 Å². The maximum absolute atomic E-state index is 12.7. The smallest absolute Gasteiger partial charge is 0.192 e. The highest BCUT2D eigenvalue weighted by Gasteiger charge is 2.64. The Morgan fingerprint density at radius 1 is 0.962 bits per heavy atom. The number of hydrogen-bond donors (Lipinski definition) is 0. The van der Waals surface area contributed by atoms with Crippen molar-refractivity contribution >= 4 is 14.1 Å². The van der Waals surface area contributed by atoms with E-state index in [-0.39, 0.29) is 15.9 Å². The molecule has 2 nitrogen and oxygen atoms in total. The average Bonchev–Trinajstić information content (AvgIpc) is 2.78. The van der Waals surface area contributed by atoms with Crippen molar-refractivity contribution in [1.29, 1.82) is 0 Å². The number of carbonyl (C=O) groups is 1. The molecular weight excluding hydrogens is 336 g/mol. The topological polar surface area (TPSA) is 26.3 Å². The molecule has 150 valence electrons. The van der Waals surface area contributed by atoms with E-state index >= 15 is 0 Å². The lowest BCUT2D eigenvalue weighted by Crippen LogP contribution is -2.60. The van der Waals surface area contributed by atoms with Crippen molar-refractivity contribution < 1.29 is 9.22 Å². The zero-order valence-electron chi connectivity index (χ0n) is 18.8.